The lowest BCUT2D eigenvalue weighted by Gasteiger charge is -2.35. The van der Waals surface area contributed by atoms with E-state index in [9.17, 15) is 9.18 Å². The average molecular weight is 456 g/mol. The summed E-state index contributed by atoms with van der Waals surface area (Å²) in [4.78, 5) is 21.6. The van der Waals surface area contributed by atoms with Gasteiger partial charge in [0.25, 0.3) is 0 Å². The highest BCUT2D eigenvalue weighted by Crippen LogP contribution is 2.34. The van der Waals surface area contributed by atoms with Gasteiger partial charge in [-0.05, 0) is 42.5 Å². The maximum atomic E-state index is 13.5. The molecule has 2 aliphatic heterocycles. The lowest BCUT2D eigenvalue weighted by molar-refractivity contribution is -0.129. The van der Waals surface area contributed by atoms with Crippen LogP contribution in [0.5, 0.6) is 0 Å². The summed E-state index contributed by atoms with van der Waals surface area (Å²) in [5.74, 6) is -0.0871. The monoisotopic (exact) mass is 455 g/mol. The largest absolute Gasteiger partial charge is 0.462 e. The van der Waals surface area contributed by atoms with E-state index in [0.717, 1.165) is 76.1 Å². The number of piperazine rings is 1. The van der Waals surface area contributed by atoms with E-state index in [2.05, 4.69) is 16.7 Å². The summed E-state index contributed by atoms with van der Waals surface area (Å²) in [7, 11) is 0. The third-order valence-corrected chi connectivity index (χ3v) is 8.25. The first-order chi connectivity index (χ1) is 15.5. The van der Waals surface area contributed by atoms with Crippen LogP contribution in [0, 0.1) is 5.82 Å². The highest BCUT2D eigenvalue weighted by atomic mass is 32.1. The van der Waals surface area contributed by atoms with Gasteiger partial charge < -0.3 is 14.2 Å². The Balaban J connectivity index is 1.20. The Morgan fingerprint density at radius 3 is 2.75 bits per heavy atom. The van der Waals surface area contributed by atoms with Crippen molar-refractivity contribution in [2.75, 3.05) is 44.2 Å². The molecule has 0 saturated carbocycles. The van der Waals surface area contributed by atoms with Crippen LogP contribution in [0.3, 0.4) is 0 Å². The van der Waals surface area contributed by atoms with Crippen molar-refractivity contribution in [2.45, 2.75) is 39.7 Å². The van der Waals surface area contributed by atoms with Gasteiger partial charge in [-0.3, -0.25) is 9.69 Å². The molecule has 0 spiro atoms. The number of hydrogen-bond donors (Lipinski definition) is 0. The summed E-state index contributed by atoms with van der Waals surface area (Å²) < 4.78 is 19.0. The van der Waals surface area contributed by atoms with Crippen LogP contribution in [0.15, 0.2) is 28.9 Å². The predicted octanol–water partition coefficient (Wildman–Crippen LogP) is 4.47. The van der Waals surface area contributed by atoms with Gasteiger partial charge in [0, 0.05) is 67.4 Å². The quantitative estimate of drug-likeness (QED) is 0.569. The molecule has 0 aliphatic carbocycles. The van der Waals surface area contributed by atoms with Gasteiger partial charge in [-0.25, -0.2) is 4.39 Å². The molecule has 3 aromatic rings. The smallest absolute Gasteiger partial charge is 0.219 e. The Bertz CT molecular complexity index is 1130. The molecule has 2 aliphatic rings. The Morgan fingerprint density at radius 1 is 1.19 bits per heavy atom. The van der Waals surface area contributed by atoms with Crippen molar-refractivity contribution < 1.29 is 13.6 Å². The van der Waals surface area contributed by atoms with Crippen LogP contribution in [-0.4, -0.2) is 55.0 Å². The van der Waals surface area contributed by atoms with E-state index in [4.69, 9.17) is 4.42 Å². The lowest BCUT2D eigenvalue weighted by atomic mass is 9.99. The lowest BCUT2D eigenvalue weighted by Crippen LogP contribution is -2.46. The number of benzene rings is 1. The van der Waals surface area contributed by atoms with Crippen LogP contribution >= 0.6 is 11.3 Å². The minimum atomic E-state index is -0.265. The first-order valence-corrected chi connectivity index (χ1v) is 12.4. The van der Waals surface area contributed by atoms with Crippen molar-refractivity contribution in [1.29, 1.82) is 0 Å². The number of thiophene rings is 1. The van der Waals surface area contributed by atoms with E-state index in [1.165, 1.54) is 33.0 Å². The van der Waals surface area contributed by atoms with Crippen molar-refractivity contribution in [3.05, 3.63) is 51.2 Å². The molecule has 7 heteroatoms. The first kappa shape index (κ1) is 21.5. The molecule has 0 atom stereocenters. The number of nitrogens with zero attached hydrogens (tertiary/aromatic N) is 3. The number of rotatable bonds is 5. The van der Waals surface area contributed by atoms with E-state index >= 15 is 0 Å². The van der Waals surface area contributed by atoms with Crippen molar-refractivity contribution in [2.24, 2.45) is 0 Å². The Hall–Kier alpha value is -2.38. The standard InChI is InChI=1S/C25H30FN3O2S/c1-3-19-20-6-9-29(17(2)30)15-25(20)32-24(19)7-8-27-10-12-28(13-11-27)22-16-31-23-14-18(26)4-5-21(22)23/h4-5,14,16H,3,6-13,15H2,1-2H3. The predicted molar refractivity (Wildman–Crippen MR) is 127 cm³/mol. The number of hydrogen-bond acceptors (Lipinski definition) is 5. The fourth-order valence-corrected chi connectivity index (χ4v) is 6.56. The number of furan rings is 1. The zero-order valence-electron chi connectivity index (χ0n) is 18.8. The zero-order valence-corrected chi connectivity index (χ0v) is 19.6. The molecule has 1 fully saturated rings. The van der Waals surface area contributed by atoms with Crippen LogP contribution in [0.1, 0.15) is 34.7 Å². The first-order valence-electron chi connectivity index (χ1n) is 11.6. The van der Waals surface area contributed by atoms with Crippen LogP contribution in [-0.2, 0) is 30.6 Å². The van der Waals surface area contributed by atoms with Crippen LogP contribution in [0.25, 0.3) is 11.0 Å². The maximum absolute atomic E-state index is 13.5. The second kappa shape index (κ2) is 8.87. The Morgan fingerprint density at radius 2 is 2.00 bits per heavy atom. The van der Waals surface area contributed by atoms with Gasteiger partial charge >= 0.3 is 0 Å². The third kappa shape index (κ3) is 4.04. The molecule has 32 heavy (non-hydrogen) atoms. The molecule has 0 bridgehead atoms. The summed E-state index contributed by atoms with van der Waals surface area (Å²) >= 11 is 1.92. The molecule has 0 unspecified atom stereocenters. The van der Waals surface area contributed by atoms with E-state index in [0.29, 0.717) is 5.58 Å². The molecule has 5 nitrogen and oxygen atoms in total. The van der Waals surface area contributed by atoms with Gasteiger partial charge in [0.1, 0.15) is 17.7 Å². The summed E-state index contributed by atoms with van der Waals surface area (Å²) in [6.07, 6.45) is 4.90. The highest BCUT2D eigenvalue weighted by molar-refractivity contribution is 7.12. The average Bonchev–Trinajstić information content (AvgIpc) is 3.37. The molecular formula is C25H30FN3O2S. The third-order valence-electron chi connectivity index (χ3n) is 6.93. The molecule has 2 aromatic heterocycles. The zero-order chi connectivity index (χ0) is 22.2. The second-order valence-electron chi connectivity index (χ2n) is 8.79. The number of carbonyl (C=O) groups excluding carboxylic acids is 1. The van der Waals surface area contributed by atoms with Crippen LogP contribution in [0.2, 0.25) is 0 Å². The number of anilines is 1. The molecule has 170 valence electrons. The molecule has 0 radical (unpaired) electrons. The number of carbonyl (C=O) groups is 1. The van der Waals surface area contributed by atoms with E-state index in [1.807, 2.05) is 22.3 Å². The van der Waals surface area contributed by atoms with Gasteiger partial charge in [0.2, 0.25) is 5.91 Å². The fraction of sp³-hybridized carbons (Fsp3) is 0.480. The van der Waals surface area contributed by atoms with Crippen molar-refractivity contribution in [3.63, 3.8) is 0 Å². The summed E-state index contributed by atoms with van der Waals surface area (Å²) in [6, 6.07) is 4.77. The van der Waals surface area contributed by atoms with Gasteiger partial charge in [-0.2, -0.15) is 0 Å². The fourth-order valence-electron chi connectivity index (χ4n) is 5.11. The van der Waals surface area contributed by atoms with Crippen molar-refractivity contribution in [3.8, 4) is 0 Å². The number of fused-ring (bicyclic) bond motifs is 2. The molecule has 0 N–H and O–H groups in total. The van der Waals surface area contributed by atoms with Gasteiger partial charge in [0.05, 0.1) is 12.2 Å². The topological polar surface area (TPSA) is 39.9 Å². The van der Waals surface area contributed by atoms with Crippen LogP contribution < -0.4 is 4.90 Å². The maximum Gasteiger partial charge on any atom is 0.219 e. The normalized spacial score (nSPS) is 17.2. The molecule has 1 amide bonds. The van der Waals surface area contributed by atoms with E-state index in [1.54, 1.807) is 13.2 Å². The number of halogens is 1. The van der Waals surface area contributed by atoms with Crippen LogP contribution in [0.4, 0.5) is 10.1 Å². The SMILES string of the molecule is CCc1c(CCN2CCN(c3coc4cc(F)ccc34)CC2)sc2c1CCN(C(C)=O)C2. The molecule has 1 saturated heterocycles. The van der Waals surface area contributed by atoms with E-state index < -0.39 is 0 Å². The summed E-state index contributed by atoms with van der Waals surface area (Å²) in [6.45, 7) is 10.5. The Labute approximate surface area is 192 Å². The van der Waals surface area contributed by atoms with Crippen molar-refractivity contribution in [1.82, 2.24) is 9.80 Å². The minimum absolute atomic E-state index is 0.178. The van der Waals surface area contributed by atoms with Gasteiger partial charge in [-0.15, -0.1) is 11.3 Å². The summed E-state index contributed by atoms with van der Waals surface area (Å²) in [5, 5.41) is 0.983. The minimum Gasteiger partial charge on any atom is -0.462 e. The Kier molecular flexibility index (Phi) is 5.95. The van der Waals surface area contributed by atoms with Gasteiger partial charge in [-0.1, -0.05) is 6.92 Å². The van der Waals surface area contributed by atoms with E-state index in [-0.39, 0.29) is 11.7 Å². The molecule has 5 rings (SSSR count). The van der Waals surface area contributed by atoms with Gasteiger partial charge in [0.15, 0.2) is 0 Å². The highest BCUT2D eigenvalue weighted by Gasteiger charge is 2.25. The summed E-state index contributed by atoms with van der Waals surface area (Å²) in [5.41, 5.74) is 4.72. The molecule has 4 heterocycles. The molecular weight excluding hydrogens is 425 g/mol. The van der Waals surface area contributed by atoms with Crippen molar-refractivity contribution >= 4 is 33.9 Å². The number of amides is 1. The second-order valence-corrected chi connectivity index (χ2v) is 9.98. The molecule has 1 aromatic carbocycles.